The number of rotatable bonds is 9. The molecule has 0 heterocycles. The molecule has 2 aromatic carbocycles. The van der Waals surface area contributed by atoms with Gasteiger partial charge in [0, 0.05) is 20.8 Å². The van der Waals surface area contributed by atoms with Crippen molar-refractivity contribution in [1.82, 2.24) is 4.90 Å². The number of carbonyl (C=O) groups excluding carboxylic acids is 1. The van der Waals surface area contributed by atoms with Crippen LogP contribution in [-0.4, -0.2) is 50.4 Å². The zero-order valence-electron chi connectivity index (χ0n) is 17.7. The maximum Gasteiger partial charge on any atom is 0.240 e. The summed E-state index contributed by atoms with van der Waals surface area (Å²) >= 11 is 0. The number of hydrogen-bond donors (Lipinski definition) is 1. The number of ether oxygens (including phenoxy) is 2. The van der Waals surface area contributed by atoms with E-state index in [0.717, 1.165) is 17.5 Å². The average Bonchev–Trinajstić information content (AvgIpc) is 2.77. The Morgan fingerprint density at radius 3 is 2.48 bits per heavy atom. The molecule has 0 unspecified atom stereocenters. The van der Waals surface area contributed by atoms with Crippen molar-refractivity contribution in [2.24, 2.45) is 11.7 Å². The number of methoxy groups -OCH3 is 2. The monoisotopic (exact) mass is 398 g/mol. The van der Waals surface area contributed by atoms with Gasteiger partial charge in [-0.15, -0.1) is 0 Å². The summed E-state index contributed by atoms with van der Waals surface area (Å²) in [4.78, 5) is 15.2. The lowest BCUT2D eigenvalue weighted by Crippen LogP contribution is -2.50. The van der Waals surface area contributed by atoms with Gasteiger partial charge in [-0.05, 0) is 41.5 Å². The second-order valence-electron chi connectivity index (χ2n) is 8.10. The highest BCUT2D eigenvalue weighted by atomic mass is 16.7. The largest absolute Gasteiger partial charge is 0.354 e. The van der Waals surface area contributed by atoms with E-state index in [0.29, 0.717) is 18.9 Å². The van der Waals surface area contributed by atoms with Gasteiger partial charge in [0.1, 0.15) is 0 Å². The van der Waals surface area contributed by atoms with Gasteiger partial charge in [0.15, 0.2) is 6.29 Å². The first-order chi connectivity index (χ1) is 14.1. The smallest absolute Gasteiger partial charge is 0.240 e. The van der Waals surface area contributed by atoms with E-state index in [2.05, 4.69) is 24.3 Å². The number of carbonyl (C=O) groups is 1. The molecule has 0 bridgehead atoms. The van der Waals surface area contributed by atoms with E-state index in [1.54, 1.807) is 14.2 Å². The first-order valence-electron chi connectivity index (χ1n) is 10.7. The Bertz CT molecular complexity index is 779. The fourth-order valence-corrected chi connectivity index (χ4v) is 4.39. The lowest BCUT2D eigenvalue weighted by atomic mass is 9.88. The lowest BCUT2D eigenvalue weighted by molar-refractivity contribution is -0.147. The van der Waals surface area contributed by atoms with Crippen LogP contribution in [0.25, 0.3) is 10.8 Å². The van der Waals surface area contributed by atoms with Gasteiger partial charge in [0.2, 0.25) is 5.91 Å². The number of hydrogen-bond acceptors (Lipinski definition) is 4. The van der Waals surface area contributed by atoms with Crippen molar-refractivity contribution in [3.05, 3.63) is 48.0 Å². The van der Waals surface area contributed by atoms with Crippen molar-refractivity contribution in [1.29, 1.82) is 0 Å². The maximum atomic E-state index is 13.3. The summed E-state index contributed by atoms with van der Waals surface area (Å²) in [5.74, 6) is 0.509. The van der Waals surface area contributed by atoms with Gasteiger partial charge in [-0.25, -0.2) is 0 Å². The summed E-state index contributed by atoms with van der Waals surface area (Å²) in [6.45, 7) is 1.14. The highest BCUT2D eigenvalue weighted by Crippen LogP contribution is 2.25. The van der Waals surface area contributed by atoms with Crippen LogP contribution in [-0.2, 0) is 20.7 Å². The third-order valence-corrected chi connectivity index (χ3v) is 6.05. The molecule has 0 spiro atoms. The van der Waals surface area contributed by atoms with Gasteiger partial charge in [0.05, 0.1) is 12.6 Å². The first kappa shape index (κ1) is 21.8. The van der Waals surface area contributed by atoms with Crippen molar-refractivity contribution in [3.63, 3.8) is 0 Å². The Balaban J connectivity index is 1.73. The van der Waals surface area contributed by atoms with Crippen molar-refractivity contribution in [2.75, 3.05) is 27.3 Å². The zero-order valence-corrected chi connectivity index (χ0v) is 17.7. The van der Waals surface area contributed by atoms with Crippen LogP contribution < -0.4 is 5.73 Å². The standard InChI is InChI=1S/C24H34N2O3/c1-28-23(29-2)17-26(16-18-9-4-3-5-10-18)24(27)22(25)15-20-13-8-12-19-11-6-7-14-21(19)20/h6-8,11-14,18,22-23H,3-5,9-10,15-17,25H2,1-2H3/t22-/m0/s1. The predicted octanol–water partition coefficient (Wildman–Crippen LogP) is 3.74. The van der Waals surface area contributed by atoms with Crippen LogP contribution in [0.15, 0.2) is 42.5 Å². The van der Waals surface area contributed by atoms with E-state index in [4.69, 9.17) is 15.2 Å². The molecule has 1 fully saturated rings. The number of nitrogens with zero attached hydrogens (tertiary/aromatic N) is 1. The zero-order chi connectivity index (χ0) is 20.6. The molecule has 2 N–H and O–H groups in total. The van der Waals surface area contributed by atoms with Gasteiger partial charge in [-0.1, -0.05) is 61.7 Å². The molecular weight excluding hydrogens is 364 g/mol. The van der Waals surface area contributed by atoms with Crippen LogP contribution in [0.5, 0.6) is 0 Å². The second kappa shape index (κ2) is 10.7. The van der Waals surface area contributed by atoms with Crippen LogP contribution >= 0.6 is 0 Å². The highest BCUT2D eigenvalue weighted by Gasteiger charge is 2.27. The minimum absolute atomic E-state index is 0.0254. The molecule has 1 aliphatic rings. The van der Waals surface area contributed by atoms with Crippen LogP contribution in [0.1, 0.15) is 37.7 Å². The number of nitrogens with two attached hydrogens (primary N) is 1. The number of benzene rings is 2. The highest BCUT2D eigenvalue weighted by molar-refractivity contribution is 5.87. The molecule has 5 nitrogen and oxygen atoms in total. The van der Waals surface area contributed by atoms with Crippen LogP contribution in [0.2, 0.25) is 0 Å². The molecule has 3 rings (SSSR count). The summed E-state index contributed by atoms with van der Waals surface area (Å²) in [6.07, 6.45) is 6.21. The molecule has 2 aromatic rings. The molecule has 0 aromatic heterocycles. The van der Waals surface area contributed by atoms with Crippen molar-refractivity contribution in [3.8, 4) is 0 Å². The summed E-state index contributed by atoms with van der Waals surface area (Å²) in [5.41, 5.74) is 7.54. The molecular formula is C24H34N2O3. The van der Waals surface area contributed by atoms with Gasteiger partial charge in [-0.2, -0.15) is 0 Å². The average molecular weight is 399 g/mol. The fraction of sp³-hybridized carbons (Fsp3) is 0.542. The van der Waals surface area contributed by atoms with Crippen LogP contribution in [0, 0.1) is 5.92 Å². The fourth-order valence-electron chi connectivity index (χ4n) is 4.39. The minimum atomic E-state index is -0.584. The Hall–Kier alpha value is -1.95. The molecule has 1 atom stereocenters. The van der Waals surface area contributed by atoms with Gasteiger partial charge in [-0.3, -0.25) is 4.79 Å². The summed E-state index contributed by atoms with van der Waals surface area (Å²) < 4.78 is 10.7. The lowest BCUT2D eigenvalue weighted by Gasteiger charge is -2.33. The quantitative estimate of drug-likeness (QED) is 0.654. The number of fused-ring (bicyclic) bond motifs is 1. The first-order valence-corrected chi connectivity index (χ1v) is 10.7. The maximum absolute atomic E-state index is 13.3. The van der Waals surface area contributed by atoms with Crippen molar-refractivity contribution >= 4 is 16.7 Å². The summed E-state index contributed by atoms with van der Waals surface area (Å²) in [7, 11) is 3.21. The van der Waals surface area contributed by atoms with Crippen LogP contribution in [0.3, 0.4) is 0 Å². The van der Waals surface area contributed by atoms with Gasteiger partial charge >= 0.3 is 0 Å². The molecule has 0 aliphatic heterocycles. The third-order valence-electron chi connectivity index (χ3n) is 6.05. The minimum Gasteiger partial charge on any atom is -0.354 e. The van der Waals surface area contributed by atoms with E-state index >= 15 is 0 Å². The molecule has 0 saturated heterocycles. The molecule has 158 valence electrons. The van der Waals surface area contributed by atoms with E-state index < -0.39 is 12.3 Å². The van der Waals surface area contributed by atoms with E-state index in [1.807, 2.05) is 23.1 Å². The third kappa shape index (κ3) is 5.78. The van der Waals surface area contributed by atoms with Gasteiger partial charge < -0.3 is 20.1 Å². The Kier molecular flexibility index (Phi) is 8.04. The molecule has 5 heteroatoms. The topological polar surface area (TPSA) is 64.8 Å². The Morgan fingerprint density at radius 2 is 1.76 bits per heavy atom. The van der Waals surface area contributed by atoms with E-state index in [9.17, 15) is 4.79 Å². The van der Waals surface area contributed by atoms with E-state index in [1.165, 1.54) is 37.5 Å². The molecule has 1 saturated carbocycles. The Labute approximate surface area is 174 Å². The van der Waals surface area contributed by atoms with E-state index in [-0.39, 0.29) is 5.91 Å². The molecule has 29 heavy (non-hydrogen) atoms. The second-order valence-corrected chi connectivity index (χ2v) is 8.10. The molecule has 1 aliphatic carbocycles. The summed E-state index contributed by atoms with van der Waals surface area (Å²) in [6, 6.07) is 13.8. The normalized spacial score (nSPS) is 16.3. The SMILES string of the molecule is COC(CN(CC1CCCCC1)C(=O)[C@@H](N)Cc1cccc2ccccc12)OC. The molecule has 0 radical (unpaired) electrons. The predicted molar refractivity (Wildman–Crippen MR) is 117 cm³/mol. The number of amides is 1. The Morgan fingerprint density at radius 1 is 1.07 bits per heavy atom. The molecule has 1 amide bonds. The summed E-state index contributed by atoms with van der Waals surface area (Å²) in [5, 5.41) is 2.33. The van der Waals surface area contributed by atoms with Gasteiger partial charge in [0.25, 0.3) is 0 Å². The van der Waals surface area contributed by atoms with Crippen molar-refractivity contribution < 1.29 is 14.3 Å². The van der Waals surface area contributed by atoms with Crippen LogP contribution in [0.4, 0.5) is 0 Å². The van der Waals surface area contributed by atoms with Crippen molar-refractivity contribution in [2.45, 2.75) is 50.9 Å².